The summed E-state index contributed by atoms with van der Waals surface area (Å²) in [5.74, 6) is 0.433. The Bertz CT molecular complexity index is 660. The second-order valence-electron chi connectivity index (χ2n) is 5.13. The summed E-state index contributed by atoms with van der Waals surface area (Å²) in [6, 6.07) is 5.44. The number of halogens is 1. The first-order valence-corrected chi connectivity index (χ1v) is 7.55. The average Bonchev–Trinajstić information content (AvgIpc) is 2.99. The maximum absolute atomic E-state index is 10.0. The Balaban J connectivity index is 1.90. The molecular formula is C14H16BrNO6. The van der Waals surface area contributed by atoms with Crippen LogP contribution in [0.2, 0.25) is 0 Å². The molecule has 0 bridgehead atoms. The summed E-state index contributed by atoms with van der Waals surface area (Å²) in [4.78, 5) is 3.04. The fourth-order valence-electron chi connectivity index (χ4n) is 2.48. The third-order valence-electron chi connectivity index (χ3n) is 3.72. The van der Waals surface area contributed by atoms with E-state index >= 15 is 0 Å². The van der Waals surface area contributed by atoms with Crippen molar-refractivity contribution in [1.82, 2.24) is 4.98 Å². The molecule has 8 heteroatoms. The van der Waals surface area contributed by atoms with Crippen LogP contribution >= 0.6 is 15.9 Å². The Morgan fingerprint density at radius 2 is 1.91 bits per heavy atom. The van der Waals surface area contributed by atoms with Crippen LogP contribution in [0.25, 0.3) is 10.9 Å². The third-order valence-corrected chi connectivity index (χ3v) is 4.34. The number of ether oxygens (including phenoxy) is 2. The molecule has 3 rings (SSSR count). The van der Waals surface area contributed by atoms with E-state index in [0.717, 1.165) is 10.9 Å². The number of hydrogen-bond donors (Lipinski definition) is 5. The van der Waals surface area contributed by atoms with Crippen LogP contribution in [0.1, 0.15) is 0 Å². The van der Waals surface area contributed by atoms with Gasteiger partial charge in [0.1, 0.15) is 30.2 Å². The van der Waals surface area contributed by atoms with Gasteiger partial charge in [0.15, 0.2) is 0 Å². The first-order valence-electron chi connectivity index (χ1n) is 6.75. The van der Waals surface area contributed by atoms with Crippen molar-refractivity contribution < 1.29 is 29.9 Å². The molecule has 7 nitrogen and oxygen atoms in total. The van der Waals surface area contributed by atoms with E-state index in [0.29, 0.717) is 10.2 Å². The highest BCUT2D eigenvalue weighted by molar-refractivity contribution is 9.10. The lowest BCUT2D eigenvalue weighted by Gasteiger charge is -2.39. The van der Waals surface area contributed by atoms with E-state index in [9.17, 15) is 20.4 Å². The number of aliphatic hydroxyl groups excluding tert-OH is 4. The van der Waals surface area contributed by atoms with Crippen LogP contribution < -0.4 is 4.74 Å². The molecule has 1 aromatic heterocycles. The molecule has 0 radical (unpaired) electrons. The van der Waals surface area contributed by atoms with Crippen molar-refractivity contribution >= 4 is 26.8 Å². The molecule has 1 aliphatic rings. The molecule has 1 aromatic carbocycles. The minimum atomic E-state index is -1.47. The summed E-state index contributed by atoms with van der Waals surface area (Å²) >= 11 is 3.37. The fourth-order valence-corrected chi connectivity index (χ4v) is 2.92. The van der Waals surface area contributed by atoms with Gasteiger partial charge in [-0.1, -0.05) is 0 Å². The monoisotopic (exact) mass is 373 g/mol. The van der Waals surface area contributed by atoms with E-state index in [1.165, 1.54) is 0 Å². The molecule has 5 atom stereocenters. The molecule has 1 fully saturated rings. The van der Waals surface area contributed by atoms with Gasteiger partial charge in [-0.3, -0.25) is 0 Å². The van der Waals surface area contributed by atoms with Gasteiger partial charge in [0, 0.05) is 17.1 Å². The second kappa shape index (κ2) is 6.15. The van der Waals surface area contributed by atoms with Crippen LogP contribution in [0.15, 0.2) is 28.9 Å². The molecule has 120 valence electrons. The molecule has 1 saturated heterocycles. The first kappa shape index (κ1) is 15.7. The van der Waals surface area contributed by atoms with E-state index in [1.807, 2.05) is 6.07 Å². The largest absolute Gasteiger partial charge is 0.460 e. The molecule has 0 aliphatic carbocycles. The number of hydrogen-bond acceptors (Lipinski definition) is 6. The van der Waals surface area contributed by atoms with Gasteiger partial charge in [0.2, 0.25) is 6.29 Å². The highest BCUT2D eigenvalue weighted by Gasteiger charge is 2.45. The molecule has 0 unspecified atom stereocenters. The quantitative estimate of drug-likeness (QED) is 0.521. The van der Waals surface area contributed by atoms with E-state index in [1.54, 1.807) is 18.3 Å². The van der Waals surface area contributed by atoms with Crippen molar-refractivity contribution in [3.63, 3.8) is 0 Å². The molecule has 2 heterocycles. The normalized spacial score (nSPS) is 32.3. The van der Waals surface area contributed by atoms with Gasteiger partial charge >= 0.3 is 0 Å². The zero-order chi connectivity index (χ0) is 15.9. The molecule has 0 spiro atoms. The highest BCUT2D eigenvalue weighted by atomic mass is 79.9. The molecule has 0 saturated carbocycles. The highest BCUT2D eigenvalue weighted by Crippen LogP contribution is 2.35. The summed E-state index contributed by atoms with van der Waals surface area (Å²) in [5.41, 5.74) is 0.836. The van der Waals surface area contributed by atoms with Crippen molar-refractivity contribution in [2.75, 3.05) is 6.61 Å². The van der Waals surface area contributed by atoms with Crippen molar-refractivity contribution in [1.29, 1.82) is 0 Å². The summed E-state index contributed by atoms with van der Waals surface area (Å²) in [5, 5.41) is 39.6. The zero-order valence-corrected chi connectivity index (χ0v) is 13.0. The summed E-state index contributed by atoms with van der Waals surface area (Å²) in [6.45, 7) is -0.500. The van der Waals surface area contributed by atoms with Gasteiger partial charge in [-0.05, 0) is 34.1 Å². The van der Waals surface area contributed by atoms with Crippen molar-refractivity contribution in [3.8, 4) is 5.75 Å². The number of H-pyrrole nitrogens is 1. The van der Waals surface area contributed by atoms with Crippen LogP contribution in [0, 0.1) is 0 Å². The first-order chi connectivity index (χ1) is 10.5. The molecule has 22 heavy (non-hydrogen) atoms. The SMILES string of the molecule is OC[C@H]1O[C@@H](Oc2c(Br)ccc3[nH]ccc23)[C@H](O)[C@@H](O)[C@H]1O. The van der Waals surface area contributed by atoms with Gasteiger partial charge in [0.05, 0.1) is 11.1 Å². The number of fused-ring (bicyclic) bond motifs is 1. The number of aromatic nitrogens is 1. The van der Waals surface area contributed by atoms with Crippen LogP contribution in [-0.2, 0) is 4.74 Å². The van der Waals surface area contributed by atoms with Gasteiger partial charge < -0.3 is 34.9 Å². The van der Waals surface area contributed by atoms with E-state index in [-0.39, 0.29) is 0 Å². The Labute approximate surface area is 134 Å². The number of benzene rings is 1. The molecular weight excluding hydrogens is 358 g/mol. The number of rotatable bonds is 3. The van der Waals surface area contributed by atoms with Crippen LogP contribution in [-0.4, -0.2) is 62.7 Å². The number of aliphatic hydroxyl groups is 4. The lowest BCUT2D eigenvalue weighted by atomic mass is 9.99. The Morgan fingerprint density at radius 3 is 2.64 bits per heavy atom. The summed E-state index contributed by atoms with van der Waals surface area (Å²) in [7, 11) is 0. The standard InChI is InChI=1S/C14H16BrNO6/c15-7-1-2-8-6(3-4-16-8)13(7)22-14-12(20)11(19)10(18)9(5-17)21-14/h1-4,9-12,14,16-20H,5H2/t9-,10+,11+,12-,14+/m1/s1. The van der Waals surface area contributed by atoms with Crippen LogP contribution in [0.3, 0.4) is 0 Å². The van der Waals surface area contributed by atoms with Crippen LogP contribution in [0.4, 0.5) is 0 Å². The van der Waals surface area contributed by atoms with Crippen LogP contribution in [0.5, 0.6) is 5.75 Å². The van der Waals surface area contributed by atoms with E-state index < -0.39 is 37.3 Å². The summed E-state index contributed by atoms with van der Waals surface area (Å²) < 4.78 is 11.7. The minimum Gasteiger partial charge on any atom is -0.460 e. The molecule has 2 aromatic rings. The van der Waals surface area contributed by atoms with Crippen molar-refractivity contribution in [3.05, 3.63) is 28.9 Å². The summed E-state index contributed by atoms with van der Waals surface area (Å²) in [6.07, 6.45) is -4.80. The predicted molar refractivity (Wildman–Crippen MR) is 80.4 cm³/mol. The second-order valence-corrected chi connectivity index (χ2v) is 5.98. The van der Waals surface area contributed by atoms with Crippen molar-refractivity contribution in [2.45, 2.75) is 30.7 Å². The van der Waals surface area contributed by atoms with Gasteiger partial charge in [-0.25, -0.2) is 0 Å². The Kier molecular flexibility index (Phi) is 4.40. The van der Waals surface area contributed by atoms with E-state index in [2.05, 4.69) is 20.9 Å². The zero-order valence-electron chi connectivity index (χ0n) is 11.4. The third kappa shape index (κ3) is 2.62. The average molecular weight is 374 g/mol. The number of nitrogens with one attached hydrogen (secondary N) is 1. The Hall–Kier alpha value is -1.16. The lowest BCUT2D eigenvalue weighted by Crippen LogP contribution is -2.60. The molecule has 5 N–H and O–H groups in total. The minimum absolute atomic E-state index is 0.433. The molecule has 0 amide bonds. The topological polar surface area (TPSA) is 115 Å². The molecule has 1 aliphatic heterocycles. The van der Waals surface area contributed by atoms with Gasteiger partial charge in [-0.15, -0.1) is 0 Å². The van der Waals surface area contributed by atoms with E-state index in [4.69, 9.17) is 9.47 Å². The predicted octanol–water partition coefficient (Wildman–Crippen LogP) is 0.109. The van der Waals surface area contributed by atoms with Gasteiger partial charge in [-0.2, -0.15) is 0 Å². The smallest absolute Gasteiger partial charge is 0.229 e. The number of aromatic amines is 1. The lowest BCUT2D eigenvalue weighted by molar-refractivity contribution is -0.277. The fraction of sp³-hybridized carbons (Fsp3) is 0.429. The maximum Gasteiger partial charge on any atom is 0.229 e. The van der Waals surface area contributed by atoms with Crippen molar-refractivity contribution in [2.24, 2.45) is 0 Å². The Morgan fingerprint density at radius 1 is 1.14 bits per heavy atom. The van der Waals surface area contributed by atoms with Gasteiger partial charge in [0.25, 0.3) is 0 Å². The maximum atomic E-state index is 10.0.